The van der Waals surface area contributed by atoms with Crippen LogP contribution in [0.4, 0.5) is 4.79 Å². The number of rotatable bonds is 1. The quantitative estimate of drug-likeness (QED) is 0.404. The number of amides is 1. The van der Waals surface area contributed by atoms with Crippen molar-refractivity contribution in [3.05, 3.63) is 0 Å². The van der Waals surface area contributed by atoms with Crippen molar-refractivity contribution in [1.82, 2.24) is 4.90 Å². The summed E-state index contributed by atoms with van der Waals surface area (Å²) in [7, 11) is 0. The number of likely N-dealkylation sites (tertiary alicyclic amines) is 1. The van der Waals surface area contributed by atoms with Crippen LogP contribution in [0.3, 0.4) is 0 Å². The molecule has 6 heteroatoms. The predicted octanol–water partition coefficient (Wildman–Crippen LogP) is 1.97. The predicted molar refractivity (Wildman–Crippen MR) is 73.6 cm³/mol. The Balaban J connectivity index is 1.90. The molecule has 0 aliphatic carbocycles. The van der Waals surface area contributed by atoms with E-state index >= 15 is 0 Å². The van der Waals surface area contributed by atoms with Gasteiger partial charge in [-0.05, 0) is 20.8 Å². The lowest BCUT2D eigenvalue weighted by Gasteiger charge is -2.44. The second-order valence-electron chi connectivity index (χ2n) is 6.00. The molecule has 1 atom stereocenters. The fourth-order valence-electron chi connectivity index (χ4n) is 2.32. The molecule has 0 aromatic rings. The lowest BCUT2D eigenvalue weighted by Crippen LogP contribution is -2.61. The smallest absolute Gasteiger partial charge is 0.410 e. The van der Waals surface area contributed by atoms with Gasteiger partial charge in [0.05, 0.1) is 0 Å². The number of carbonyl (C=O) groups is 2. The molecule has 0 bridgehead atoms. The summed E-state index contributed by atoms with van der Waals surface area (Å²) >= 11 is 2.21. The third-order valence-electron chi connectivity index (χ3n) is 3.14. The maximum absolute atomic E-state index is 11.8. The zero-order chi connectivity index (χ0) is 13.6. The highest BCUT2D eigenvalue weighted by atomic mass is 127. The first kappa shape index (κ1) is 13.9. The molecule has 2 aliphatic rings. The molecule has 0 aromatic heterocycles. The average molecular weight is 367 g/mol. The molecule has 102 valence electrons. The lowest BCUT2D eigenvalue weighted by molar-refractivity contribution is -0.155. The van der Waals surface area contributed by atoms with Crippen molar-refractivity contribution in [1.29, 1.82) is 0 Å². The van der Waals surface area contributed by atoms with Crippen LogP contribution in [0.5, 0.6) is 0 Å². The van der Waals surface area contributed by atoms with Gasteiger partial charge in [-0.3, -0.25) is 4.79 Å². The minimum absolute atomic E-state index is 0.00103. The number of alkyl halides is 1. The second kappa shape index (κ2) is 4.54. The van der Waals surface area contributed by atoms with Crippen molar-refractivity contribution in [2.45, 2.75) is 38.9 Å². The molecule has 2 heterocycles. The molecule has 2 fully saturated rings. The molecule has 1 unspecified atom stereocenters. The summed E-state index contributed by atoms with van der Waals surface area (Å²) in [6.45, 7) is 6.34. The highest BCUT2D eigenvalue weighted by Gasteiger charge is 2.58. The van der Waals surface area contributed by atoms with Crippen molar-refractivity contribution in [2.24, 2.45) is 5.41 Å². The van der Waals surface area contributed by atoms with E-state index in [0.717, 1.165) is 4.43 Å². The number of cyclic esters (lactones) is 1. The van der Waals surface area contributed by atoms with Crippen LogP contribution >= 0.6 is 22.6 Å². The Kier molecular flexibility index (Phi) is 3.50. The van der Waals surface area contributed by atoms with Gasteiger partial charge in [-0.1, -0.05) is 22.6 Å². The summed E-state index contributed by atoms with van der Waals surface area (Å²) in [6, 6.07) is 0. The molecule has 0 saturated carbocycles. The zero-order valence-corrected chi connectivity index (χ0v) is 13.0. The monoisotopic (exact) mass is 367 g/mol. The van der Waals surface area contributed by atoms with E-state index in [1.165, 1.54) is 0 Å². The Labute approximate surface area is 120 Å². The number of ether oxygens (including phenoxy) is 2. The van der Waals surface area contributed by atoms with Crippen LogP contribution in [0.15, 0.2) is 0 Å². The number of carbonyl (C=O) groups excluding carboxylic acids is 2. The van der Waals surface area contributed by atoms with Crippen LogP contribution in [0.25, 0.3) is 0 Å². The molecule has 2 saturated heterocycles. The van der Waals surface area contributed by atoms with Gasteiger partial charge in [0.1, 0.15) is 17.1 Å². The van der Waals surface area contributed by atoms with Crippen molar-refractivity contribution in [3.63, 3.8) is 0 Å². The lowest BCUT2D eigenvalue weighted by atomic mass is 9.77. The minimum Gasteiger partial charge on any atom is -0.461 e. The van der Waals surface area contributed by atoms with Gasteiger partial charge in [-0.25, -0.2) is 4.79 Å². The Morgan fingerprint density at radius 2 is 2.17 bits per heavy atom. The molecular weight excluding hydrogens is 349 g/mol. The molecule has 0 radical (unpaired) electrons. The molecule has 18 heavy (non-hydrogen) atoms. The fraction of sp³-hybridized carbons (Fsp3) is 0.833. The molecular formula is C12H18INO4. The largest absolute Gasteiger partial charge is 0.461 e. The number of hydrogen-bond acceptors (Lipinski definition) is 4. The van der Waals surface area contributed by atoms with E-state index in [1.54, 1.807) is 4.90 Å². The van der Waals surface area contributed by atoms with E-state index in [0.29, 0.717) is 19.5 Å². The molecule has 0 aromatic carbocycles. The number of halogens is 1. The molecule has 0 N–H and O–H groups in total. The summed E-state index contributed by atoms with van der Waals surface area (Å²) < 4.78 is 11.3. The second-order valence-corrected chi connectivity index (χ2v) is 6.88. The van der Waals surface area contributed by atoms with Crippen LogP contribution in [-0.2, 0) is 14.3 Å². The highest BCUT2D eigenvalue weighted by molar-refractivity contribution is 14.1. The standard InChI is InChI=1S/C12H18INO4/c1-11(2,3)18-10(16)14-6-12(7-14)4-8(5-13)17-9(12)15/h8H,4-7H2,1-3H3. The molecule has 5 nitrogen and oxygen atoms in total. The van der Waals surface area contributed by atoms with Gasteiger partial charge < -0.3 is 14.4 Å². The van der Waals surface area contributed by atoms with Gasteiger partial charge >= 0.3 is 12.1 Å². The first-order chi connectivity index (χ1) is 8.26. The maximum atomic E-state index is 11.8. The number of esters is 1. The summed E-state index contributed by atoms with van der Waals surface area (Å²) in [6.07, 6.45) is 0.367. The van der Waals surface area contributed by atoms with E-state index < -0.39 is 11.0 Å². The van der Waals surface area contributed by atoms with Gasteiger partial charge in [0, 0.05) is 23.9 Å². The van der Waals surface area contributed by atoms with Gasteiger partial charge in [-0.2, -0.15) is 0 Å². The first-order valence-electron chi connectivity index (χ1n) is 6.01. The SMILES string of the molecule is CC(C)(C)OC(=O)N1CC2(CC(CI)OC2=O)C1. The van der Waals surface area contributed by atoms with Gasteiger partial charge in [0.2, 0.25) is 0 Å². The van der Waals surface area contributed by atoms with Crippen LogP contribution in [0, 0.1) is 5.41 Å². The highest BCUT2D eigenvalue weighted by Crippen LogP contribution is 2.43. The molecule has 1 amide bonds. The van der Waals surface area contributed by atoms with Crippen LogP contribution in [-0.4, -0.2) is 46.2 Å². The van der Waals surface area contributed by atoms with Crippen LogP contribution in [0.2, 0.25) is 0 Å². The van der Waals surface area contributed by atoms with Gasteiger partial charge in [0.15, 0.2) is 0 Å². The minimum atomic E-state index is -0.499. The Morgan fingerprint density at radius 1 is 1.56 bits per heavy atom. The van der Waals surface area contributed by atoms with Gasteiger partial charge in [0.25, 0.3) is 0 Å². The summed E-state index contributed by atoms with van der Waals surface area (Å²) in [5.74, 6) is -0.163. The summed E-state index contributed by atoms with van der Waals surface area (Å²) in [5.41, 5.74) is -0.965. The topological polar surface area (TPSA) is 55.8 Å². The van der Waals surface area contributed by atoms with Crippen molar-refractivity contribution in [2.75, 3.05) is 17.5 Å². The third-order valence-corrected chi connectivity index (χ3v) is 4.12. The van der Waals surface area contributed by atoms with Gasteiger partial charge in [-0.15, -0.1) is 0 Å². The maximum Gasteiger partial charge on any atom is 0.410 e. The van der Waals surface area contributed by atoms with Crippen LogP contribution < -0.4 is 0 Å². The molecule has 2 aliphatic heterocycles. The van der Waals surface area contributed by atoms with Crippen LogP contribution in [0.1, 0.15) is 27.2 Å². The third kappa shape index (κ3) is 2.57. The summed E-state index contributed by atoms with van der Waals surface area (Å²) in [5, 5.41) is 0. The Hall–Kier alpha value is -0.530. The van der Waals surface area contributed by atoms with Crippen molar-refractivity contribution < 1.29 is 19.1 Å². The normalized spacial score (nSPS) is 25.9. The van der Waals surface area contributed by atoms with E-state index in [2.05, 4.69) is 22.6 Å². The zero-order valence-electron chi connectivity index (χ0n) is 10.9. The van der Waals surface area contributed by atoms with E-state index in [1.807, 2.05) is 20.8 Å². The van der Waals surface area contributed by atoms with Crippen molar-refractivity contribution in [3.8, 4) is 0 Å². The number of hydrogen-bond donors (Lipinski definition) is 0. The Bertz CT molecular complexity index is 371. The Morgan fingerprint density at radius 3 is 2.61 bits per heavy atom. The summed E-state index contributed by atoms with van der Waals surface area (Å²) in [4.78, 5) is 25.2. The van der Waals surface area contributed by atoms with E-state index in [4.69, 9.17) is 9.47 Å². The number of nitrogens with zero attached hydrogens (tertiary/aromatic N) is 1. The molecule has 2 rings (SSSR count). The van der Waals surface area contributed by atoms with E-state index in [9.17, 15) is 9.59 Å². The van der Waals surface area contributed by atoms with E-state index in [-0.39, 0.29) is 18.2 Å². The fourth-order valence-corrected chi connectivity index (χ4v) is 2.81. The first-order valence-corrected chi connectivity index (χ1v) is 7.53. The van der Waals surface area contributed by atoms with Crippen molar-refractivity contribution >= 4 is 34.7 Å². The average Bonchev–Trinajstić information content (AvgIpc) is 2.50. The molecule has 1 spiro atoms.